The zero-order valence-corrected chi connectivity index (χ0v) is 8.20. The molecule has 74 valence electrons. The van der Waals surface area contributed by atoms with Crippen LogP contribution in [0.3, 0.4) is 0 Å². The molecule has 1 N–H and O–H groups in total. The van der Waals surface area contributed by atoms with Crippen LogP contribution >= 0.6 is 0 Å². The number of hydrogen-bond donors (Lipinski definition) is 1. The summed E-state index contributed by atoms with van der Waals surface area (Å²) >= 11 is 0. The molecule has 0 aliphatic rings. The summed E-state index contributed by atoms with van der Waals surface area (Å²) < 4.78 is 9.84. The average molecular weight is 185 g/mol. The summed E-state index contributed by atoms with van der Waals surface area (Å²) in [6.07, 6.45) is 0.239. The summed E-state index contributed by atoms with van der Waals surface area (Å²) in [5.41, 5.74) is 0. The van der Waals surface area contributed by atoms with Gasteiger partial charge in [-0.2, -0.15) is 4.98 Å². The van der Waals surface area contributed by atoms with Gasteiger partial charge in [-0.1, -0.05) is 19.0 Å². The van der Waals surface area contributed by atoms with Gasteiger partial charge in [0.25, 0.3) is 0 Å². The van der Waals surface area contributed by atoms with Crippen molar-refractivity contribution in [1.82, 2.24) is 15.5 Å². The van der Waals surface area contributed by atoms with Crippen LogP contribution in [0.1, 0.15) is 26.6 Å². The monoisotopic (exact) mass is 185 g/mol. The van der Waals surface area contributed by atoms with Crippen molar-refractivity contribution in [2.45, 2.75) is 33.4 Å². The first-order valence-electron chi connectivity index (χ1n) is 4.41. The largest absolute Gasteiger partial charge is 0.449 e. The van der Waals surface area contributed by atoms with Gasteiger partial charge in [0, 0.05) is 6.04 Å². The lowest BCUT2D eigenvalue weighted by Crippen LogP contribution is -2.22. The molecule has 0 aliphatic carbocycles. The first kappa shape index (κ1) is 9.98. The Morgan fingerprint density at radius 2 is 2.31 bits per heavy atom. The highest BCUT2D eigenvalue weighted by Gasteiger charge is 2.05. The second kappa shape index (κ2) is 4.81. The molecule has 0 saturated carbocycles. The molecule has 0 saturated heterocycles. The SMILES string of the molecule is CCOc1nc(CNC(C)C)no1. The van der Waals surface area contributed by atoms with Crippen molar-refractivity contribution in [1.29, 1.82) is 0 Å². The van der Waals surface area contributed by atoms with Crippen LogP contribution < -0.4 is 10.1 Å². The molecular weight excluding hydrogens is 170 g/mol. The Hall–Kier alpha value is -1.10. The van der Waals surface area contributed by atoms with Gasteiger partial charge in [-0.3, -0.25) is 4.52 Å². The van der Waals surface area contributed by atoms with E-state index < -0.39 is 0 Å². The van der Waals surface area contributed by atoms with E-state index in [1.165, 1.54) is 0 Å². The molecule has 1 aromatic heterocycles. The van der Waals surface area contributed by atoms with Crippen molar-refractivity contribution in [3.05, 3.63) is 5.82 Å². The van der Waals surface area contributed by atoms with Crippen molar-refractivity contribution in [2.75, 3.05) is 6.61 Å². The van der Waals surface area contributed by atoms with E-state index in [1.807, 2.05) is 6.92 Å². The standard InChI is InChI=1S/C8H15N3O2/c1-4-12-8-10-7(11-13-8)5-9-6(2)3/h6,9H,4-5H2,1-3H3. The highest BCUT2D eigenvalue weighted by atomic mass is 16.6. The molecule has 0 amide bonds. The Labute approximate surface area is 77.5 Å². The fourth-order valence-electron chi connectivity index (χ4n) is 0.787. The van der Waals surface area contributed by atoms with Gasteiger partial charge in [-0.25, -0.2) is 0 Å². The minimum absolute atomic E-state index is 0.239. The summed E-state index contributed by atoms with van der Waals surface area (Å²) in [6, 6.07) is 0.411. The van der Waals surface area contributed by atoms with E-state index in [2.05, 4.69) is 29.3 Å². The maximum Gasteiger partial charge on any atom is 0.417 e. The lowest BCUT2D eigenvalue weighted by atomic mass is 10.4. The van der Waals surface area contributed by atoms with Gasteiger partial charge in [0.05, 0.1) is 13.2 Å². The van der Waals surface area contributed by atoms with Gasteiger partial charge in [-0.05, 0) is 6.92 Å². The lowest BCUT2D eigenvalue weighted by molar-refractivity contribution is 0.215. The third kappa shape index (κ3) is 3.42. The summed E-state index contributed by atoms with van der Waals surface area (Å²) in [6.45, 7) is 7.14. The van der Waals surface area contributed by atoms with Crippen LogP contribution in [0.15, 0.2) is 4.52 Å². The van der Waals surface area contributed by atoms with Gasteiger partial charge in [0.15, 0.2) is 5.82 Å². The van der Waals surface area contributed by atoms with Crippen molar-refractivity contribution in [2.24, 2.45) is 0 Å². The summed E-state index contributed by atoms with van der Waals surface area (Å²) in [5, 5.41) is 6.91. The van der Waals surface area contributed by atoms with E-state index in [1.54, 1.807) is 0 Å². The van der Waals surface area contributed by atoms with E-state index in [9.17, 15) is 0 Å². The van der Waals surface area contributed by atoms with E-state index in [0.29, 0.717) is 25.0 Å². The predicted molar refractivity (Wildman–Crippen MR) is 47.4 cm³/mol. The summed E-state index contributed by atoms with van der Waals surface area (Å²) in [5.74, 6) is 0.622. The molecule has 0 radical (unpaired) electrons. The molecule has 0 bridgehead atoms. The van der Waals surface area contributed by atoms with Crippen LogP contribution in [0.25, 0.3) is 0 Å². The van der Waals surface area contributed by atoms with Crippen LogP contribution in [-0.4, -0.2) is 22.8 Å². The van der Waals surface area contributed by atoms with E-state index in [4.69, 9.17) is 9.26 Å². The Morgan fingerprint density at radius 3 is 2.92 bits per heavy atom. The fourth-order valence-corrected chi connectivity index (χ4v) is 0.787. The molecule has 5 heteroatoms. The van der Waals surface area contributed by atoms with Gasteiger partial charge < -0.3 is 10.1 Å². The third-order valence-corrected chi connectivity index (χ3v) is 1.39. The number of nitrogens with one attached hydrogen (secondary N) is 1. The number of aromatic nitrogens is 2. The van der Waals surface area contributed by atoms with Crippen molar-refractivity contribution in [3.8, 4) is 6.08 Å². The summed E-state index contributed by atoms with van der Waals surface area (Å²) in [4.78, 5) is 4.01. The van der Waals surface area contributed by atoms with Crippen molar-refractivity contribution < 1.29 is 9.26 Å². The van der Waals surface area contributed by atoms with Crippen LogP contribution in [0.5, 0.6) is 6.08 Å². The Balaban J connectivity index is 2.39. The molecule has 0 aromatic carbocycles. The smallest absolute Gasteiger partial charge is 0.417 e. The number of hydrogen-bond acceptors (Lipinski definition) is 5. The Morgan fingerprint density at radius 1 is 1.54 bits per heavy atom. The molecule has 1 aromatic rings. The maximum atomic E-state index is 5.03. The average Bonchev–Trinajstić information content (AvgIpc) is 2.50. The molecular formula is C8H15N3O2. The lowest BCUT2D eigenvalue weighted by Gasteiger charge is -2.02. The molecule has 0 spiro atoms. The highest BCUT2D eigenvalue weighted by Crippen LogP contribution is 2.05. The molecule has 5 nitrogen and oxygen atoms in total. The van der Waals surface area contributed by atoms with Crippen molar-refractivity contribution >= 4 is 0 Å². The second-order valence-corrected chi connectivity index (χ2v) is 2.95. The quantitative estimate of drug-likeness (QED) is 0.740. The van der Waals surface area contributed by atoms with Crippen LogP contribution in [-0.2, 0) is 6.54 Å². The molecule has 1 heterocycles. The number of rotatable bonds is 5. The molecule has 0 fully saturated rings. The zero-order valence-electron chi connectivity index (χ0n) is 8.20. The minimum Gasteiger partial charge on any atom is -0.449 e. The fraction of sp³-hybridized carbons (Fsp3) is 0.750. The first-order valence-corrected chi connectivity index (χ1v) is 4.41. The molecule has 0 atom stereocenters. The first-order chi connectivity index (χ1) is 6.22. The topological polar surface area (TPSA) is 60.2 Å². The van der Waals surface area contributed by atoms with Crippen LogP contribution in [0, 0.1) is 0 Å². The van der Waals surface area contributed by atoms with Crippen LogP contribution in [0.4, 0.5) is 0 Å². The molecule has 0 unspecified atom stereocenters. The van der Waals surface area contributed by atoms with E-state index >= 15 is 0 Å². The normalized spacial score (nSPS) is 10.8. The van der Waals surface area contributed by atoms with Gasteiger partial charge >= 0.3 is 6.08 Å². The molecule has 1 rings (SSSR count). The van der Waals surface area contributed by atoms with Gasteiger partial charge in [-0.15, -0.1) is 0 Å². The number of nitrogens with zero attached hydrogens (tertiary/aromatic N) is 2. The Bertz CT molecular complexity index is 247. The zero-order chi connectivity index (χ0) is 9.68. The summed E-state index contributed by atoms with van der Waals surface area (Å²) in [7, 11) is 0. The van der Waals surface area contributed by atoms with Gasteiger partial charge in [0.1, 0.15) is 0 Å². The second-order valence-electron chi connectivity index (χ2n) is 2.95. The minimum atomic E-state index is 0.239. The Kier molecular flexibility index (Phi) is 3.70. The van der Waals surface area contributed by atoms with Crippen molar-refractivity contribution in [3.63, 3.8) is 0 Å². The van der Waals surface area contributed by atoms with E-state index in [-0.39, 0.29) is 6.08 Å². The predicted octanol–water partition coefficient (Wildman–Crippen LogP) is 0.966. The highest BCUT2D eigenvalue weighted by molar-refractivity contribution is 4.89. The van der Waals surface area contributed by atoms with E-state index in [0.717, 1.165) is 0 Å². The van der Waals surface area contributed by atoms with Crippen LogP contribution in [0.2, 0.25) is 0 Å². The third-order valence-electron chi connectivity index (χ3n) is 1.39. The molecule has 13 heavy (non-hydrogen) atoms. The van der Waals surface area contributed by atoms with Gasteiger partial charge in [0.2, 0.25) is 0 Å². The maximum absolute atomic E-state index is 5.03. The molecule has 0 aliphatic heterocycles. The number of ether oxygens (including phenoxy) is 1.